The lowest BCUT2D eigenvalue weighted by Crippen LogP contribution is -2.39. The van der Waals surface area contributed by atoms with Crippen LogP contribution in [-0.2, 0) is 26.9 Å². The van der Waals surface area contributed by atoms with Crippen molar-refractivity contribution in [2.24, 2.45) is 17.8 Å². The topological polar surface area (TPSA) is 43.4 Å². The number of halogens is 3. The molecule has 2 rings (SSSR count). The zero-order valence-corrected chi connectivity index (χ0v) is 16.2. The van der Waals surface area contributed by atoms with Crippen molar-refractivity contribution in [3.8, 4) is 0 Å². The molecule has 0 heterocycles. The van der Waals surface area contributed by atoms with Gasteiger partial charge in [-0.15, -0.1) is 0 Å². The Labute approximate surface area is 154 Å². The SMILES string of the molecule is CC1CCC(C(C)C)C(S(=O)(=O)OCCc2cccc(C(F)(F)F)c2)C1. The van der Waals surface area contributed by atoms with Crippen molar-refractivity contribution < 1.29 is 25.8 Å². The zero-order valence-electron chi connectivity index (χ0n) is 15.4. The Morgan fingerprint density at radius 2 is 1.92 bits per heavy atom. The molecular formula is C19H27F3O3S. The molecule has 1 aliphatic rings. The van der Waals surface area contributed by atoms with Crippen molar-refractivity contribution in [3.63, 3.8) is 0 Å². The predicted octanol–water partition coefficient (Wildman–Crippen LogP) is 5.06. The quantitative estimate of drug-likeness (QED) is 0.636. The summed E-state index contributed by atoms with van der Waals surface area (Å²) in [4.78, 5) is 0. The van der Waals surface area contributed by atoms with Crippen LogP contribution in [0.5, 0.6) is 0 Å². The molecule has 3 atom stereocenters. The first-order chi connectivity index (χ1) is 12.0. The Balaban J connectivity index is 2.01. The minimum Gasteiger partial charge on any atom is -0.270 e. The summed E-state index contributed by atoms with van der Waals surface area (Å²) in [7, 11) is -3.74. The maximum Gasteiger partial charge on any atom is 0.416 e. The van der Waals surface area contributed by atoms with Crippen LogP contribution in [0.25, 0.3) is 0 Å². The van der Waals surface area contributed by atoms with E-state index in [9.17, 15) is 21.6 Å². The van der Waals surface area contributed by atoms with E-state index in [0.717, 1.165) is 25.0 Å². The lowest BCUT2D eigenvalue weighted by atomic mass is 9.77. The van der Waals surface area contributed by atoms with Gasteiger partial charge in [0.25, 0.3) is 10.1 Å². The smallest absolute Gasteiger partial charge is 0.270 e. The fraction of sp³-hybridized carbons (Fsp3) is 0.684. The van der Waals surface area contributed by atoms with Gasteiger partial charge in [-0.2, -0.15) is 21.6 Å². The molecule has 1 saturated carbocycles. The van der Waals surface area contributed by atoms with Gasteiger partial charge in [0.2, 0.25) is 0 Å². The summed E-state index contributed by atoms with van der Waals surface area (Å²) >= 11 is 0. The summed E-state index contributed by atoms with van der Waals surface area (Å²) in [5.74, 6) is 0.635. The summed E-state index contributed by atoms with van der Waals surface area (Å²) in [5, 5.41) is -0.534. The molecule has 3 unspecified atom stereocenters. The molecule has 1 aromatic rings. The minimum absolute atomic E-state index is 0.0600. The fourth-order valence-electron chi connectivity index (χ4n) is 3.71. The third-order valence-electron chi connectivity index (χ3n) is 5.22. The minimum atomic E-state index is -4.41. The third-order valence-corrected chi connectivity index (χ3v) is 7.00. The van der Waals surface area contributed by atoms with Gasteiger partial charge in [0.05, 0.1) is 17.4 Å². The summed E-state index contributed by atoms with van der Waals surface area (Å²) in [5.41, 5.74) is -0.328. The molecule has 0 amide bonds. The molecule has 0 aromatic heterocycles. The van der Waals surface area contributed by atoms with Gasteiger partial charge in [-0.3, -0.25) is 4.18 Å². The molecular weight excluding hydrogens is 365 g/mol. The van der Waals surface area contributed by atoms with E-state index in [1.54, 1.807) is 6.07 Å². The van der Waals surface area contributed by atoms with E-state index in [1.807, 2.05) is 20.8 Å². The normalized spacial score (nSPS) is 24.8. The van der Waals surface area contributed by atoms with Crippen molar-refractivity contribution in [2.75, 3.05) is 6.61 Å². The summed E-state index contributed by atoms with van der Waals surface area (Å²) in [6.07, 6.45) is -1.84. The Morgan fingerprint density at radius 3 is 2.54 bits per heavy atom. The van der Waals surface area contributed by atoms with Crippen LogP contribution in [0, 0.1) is 17.8 Å². The van der Waals surface area contributed by atoms with Crippen LogP contribution < -0.4 is 0 Å². The average Bonchev–Trinajstić information content (AvgIpc) is 2.54. The van der Waals surface area contributed by atoms with E-state index in [2.05, 4.69) is 0 Å². The third kappa shape index (κ3) is 5.46. The molecule has 26 heavy (non-hydrogen) atoms. The highest BCUT2D eigenvalue weighted by Crippen LogP contribution is 2.38. The maximum atomic E-state index is 12.8. The standard InChI is InChI=1S/C19H27F3O3S/c1-13(2)17-8-7-14(3)11-18(17)26(23,24)25-10-9-15-5-4-6-16(12-15)19(20,21)22/h4-6,12-14,17-18H,7-11H2,1-3H3. The van der Waals surface area contributed by atoms with Crippen LogP contribution in [0.1, 0.15) is 51.2 Å². The Morgan fingerprint density at radius 1 is 1.23 bits per heavy atom. The number of benzene rings is 1. The molecule has 0 N–H and O–H groups in total. The summed E-state index contributed by atoms with van der Waals surface area (Å²) in [6.45, 7) is 5.94. The van der Waals surface area contributed by atoms with Gasteiger partial charge in [-0.25, -0.2) is 0 Å². The second kappa shape index (κ2) is 8.30. The van der Waals surface area contributed by atoms with Gasteiger partial charge in [0.15, 0.2) is 0 Å². The van der Waals surface area contributed by atoms with Gasteiger partial charge in [-0.05, 0) is 48.6 Å². The number of rotatable bonds is 6. The molecule has 7 heteroatoms. The molecule has 0 saturated heterocycles. The first kappa shape index (κ1) is 21.2. The van der Waals surface area contributed by atoms with E-state index in [-0.39, 0.29) is 24.9 Å². The van der Waals surface area contributed by atoms with E-state index in [4.69, 9.17) is 4.18 Å². The maximum absolute atomic E-state index is 12.8. The van der Waals surface area contributed by atoms with Crippen LogP contribution in [0.4, 0.5) is 13.2 Å². The second-order valence-electron chi connectivity index (χ2n) is 7.63. The Bertz CT molecular complexity index is 698. The monoisotopic (exact) mass is 392 g/mol. The van der Waals surface area contributed by atoms with Gasteiger partial charge in [0, 0.05) is 0 Å². The number of hydrogen-bond acceptors (Lipinski definition) is 3. The van der Waals surface area contributed by atoms with Crippen molar-refractivity contribution in [1.29, 1.82) is 0 Å². The van der Waals surface area contributed by atoms with Crippen LogP contribution in [0.3, 0.4) is 0 Å². The van der Waals surface area contributed by atoms with Crippen LogP contribution >= 0.6 is 0 Å². The molecule has 1 aliphatic carbocycles. The Hall–Kier alpha value is -1.08. The van der Waals surface area contributed by atoms with Crippen molar-refractivity contribution in [2.45, 2.75) is 57.9 Å². The van der Waals surface area contributed by atoms with E-state index in [0.29, 0.717) is 17.9 Å². The van der Waals surface area contributed by atoms with Crippen LogP contribution in [0.2, 0.25) is 0 Å². The average molecular weight is 392 g/mol. The molecule has 0 bridgehead atoms. The highest BCUT2D eigenvalue weighted by Gasteiger charge is 2.40. The van der Waals surface area contributed by atoms with Crippen molar-refractivity contribution in [3.05, 3.63) is 35.4 Å². The fourth-order valence-corrected chi connectivity index (χ4v) is 5.65. The van der Waals surface area contributed by atoms with Gasteiger partial charge in [-0.1, -0.05) is 45.4 Å². The number of hydrogen-bond donors (Lipinski definition) is 0. The van der Waals surface area contributed by atoms with E-state index in [1.165, 1.54) is 6.07 Å². The van der Waals surface area contributed by atoms with E-state index < -0.39 is 27.1 Å². The van der Waals surface area contributed by atoms with Crippen molar-refractivity contribution in [1.82, 2.24) is 0 Å². The lowest BCUT2D eigenvalue weighted by Gasteiger charge is -2.36. The van der Waals surface area contributed by atoms with Crippen LogP contribution in [0.15, 0.2) is 24.3 Å². The number of alkyl halides is 3. The molecule has 1 fully saturated rings. The zero-order chi connectivity index (χ0) is 19.5. The highest BCUT2D eigenvalue weighted by molar-refractivity contribution is 7.87. The molecule has 0 radical (unpaired) electrons. The lowest BCUT2D eigenvalue weighted by molar-refractivity contribution is -0.137. The first-order valence-corrected chi connectivity index (χ1v) is 10.5. The van der Waals surface area contributed by atoms with Gasteiger partial charge >= 0.3 is 6.18 Å². The molecule has 3 nitrogen and oxygen atoms in total. The first-order valence-electron chi connectivity index (χ1n) is 9.05. The predicted molar refractivity (Wildman–Crippen MR) is 95.2 cm³/mol. The Kier molecular flexibility index (Phi) is 6.77. The van der Waals surface area contributed by atoms with Gasteiger partial charge < -0.3 is 0 Å². The van der Waals surface area contributed by atoms with Gasteiger partial charge in [0.1, 0.15) is 0 Å². The molecule has 1 aromatic carbocycles. The molecule has 148 valence electrons. The largest absolute Gasteiger partial charge is 0.416 e. The second-order valence-corrected chi connectivity index (χ2v) is 9.45. The molecule has 0 aliphatic heterocycles. The van der Waals surface area contributed by atoms with Crippen LogP contribution in [-0.4, -0.2) is 20.3 Å². The summed E-state index contributed by atoms with van der Waals surface area (Å²) in [6, 6.07) is 4.91. The van der Waals surface area contributed by atoms with Crippen molar-refractivity contribution >= 4 is 10.1 Å². The van der Waals surface area contributed by atoms with E-state index >= 15 is 0 Å². The summed E-state index contributed by atoms with van der Waals surface area (Å²) < 4.78 is 68.8. The molecule has 0 spiro atoms. The highest BCUT2D eigenvalue weighted by atomic mass is 32.2.